The number of hydrogen-bond donors (Lipinski definition) is 2. The molecule has 0 unspecified atom stereocenters. The van der Waals surface area contributed by atoms with Gasteiger partial charge in [0, 0.05) is 0 Å². The van der Waals surface area contributed by atoms with Gasteiger partial charge in [-0.3, -0.25) is 9.59 Å². The van der Waals surface area contributed by atoms with Crippen molar-refractivity contribution >= 4 is 18.0 Å². The predicted molar refractivity (Wildman–Crippen MR) is 97.9 cm³/mol. The highest BCUT2D eigenvalue weighted by Gasteiger charge is 2.33. The van der Waals surface area contributed by atoms with E-state index in [0.717, 1.165) is 13.2 Å². The third-order valence-electron chi connectivity index (χ3n) is 3.70. The van der Waals surface area contributed by atoms with Crippen molar-refractivity contribution < 1.29 is 37.0 Å². The minimum atomic E-state index is -4.59. The van der Waals surface area contributed by atoms with Crippen LogP contribution in [0.1, 0.15) is 49.9 Å². The van der Waals surface area contributed by atoms with Crippen molar-refractivity contribution in [2.24, 2.45) is 0 Å². The molecule has 2 N–H and O–H groups in total. The lowest BCUT2D eigenvalue weighted by atomic mass is 9.98. The maximum absolute atomic E-state index is 13.2. The molecule has 0 fully saturated rings. The van der Waals surface area contributed by atoms with Crippen LogP contribution < -0.4 is 10.6 Å². The lowest BCUT2D eigenvalue weighted by Gasteiger charge is -2.22. The number of carbonyl (C=O) groups excluding carboxylic acids is 3. The van der Waals surface area contributed by atoms with Crippen molar-refractivity contribution in [1.82, 2.24) is 10.6 Å². The summed E-state index contributed by atoms with van der Waals surface area (Å²) in [6, 6.07) is 2.45. The number of aryl methyl sites for hydroxylation is 1. The SMILES string of the molecule is COC(=O)C[C@H](NC(=O)CNC(=O)OC(C)(C)C)c1ccc(C)c(C(F)(F)F)c1. The van der Waals surface area contributed by atoms with Crippen LogP contribution in [0.15, 0.2) is 18.2 Å². The van der Waals surface area contributed by atoms with Crippen molar-refractivity contribution in [3.8, 4) is 0 Å². The maximum atomic E-state index is 13.2. The molecule has 0 bridgehead atoms. The molecule has 0 spiro atoms. The Bertz CT molecular complexity index is 757. The summed E-state index contributed by atoms with van der Waals surface area (Å²) < 4.78 is 49.1. The number of amides is 2. The van der Waals surface area contributed by atoms with Crippen LogP contribution in [-0.2, 0) is 25.2 Å². The Hall–Kier alpha value is -2.78. The maximum Gasteiger partial charge on any atom is 0.416 e. The molecular weight excluding hydrogens is 393 g/mol. The zero-order valence-electron chi connectivity index (χ0n) is 16.9. The fourth-order valence-electron chi connectivity index (χ4n) is 2.38. The zero-order valence-corrected chi connectivity index (χ0v) is 16.9. The molecular formula is C19H25F3N2O5. The van der Waals surface area contributed by atoms with E-state index >= 15 is 0 Å². The Kier molecular flexibility index (Phi) is 8.05. The van der Waals surface area contributed by atoms with E-state index in [0.29, 0.717) is 0 Å². The van der Waals surface area contributed by atoms with Crippen molar-refractivity contribution in [1.29, 1.82) is 0 Å². The van der Waals surface area contributed by atoms with Gasteiger partial charge in [-0.15, -0.1) is 0 Å². The number of benzene rings is 1. The number of alkyl halides is 3. The number of halogens is 3. The average molecular weight is 418 g/mol. The number of alkyl carbamates (subject to hydrolysis) is 1. The van der Waals surface area contributed by atoms with Gasteiger partial charge in [0.2, 0.25) is 5.91 Å². The van der Waals surface area contributed by atoms with Crippen molar-refractivity contribution in [3.63, 3.8) is 0 Å². The Balaban J connectivity index is 2.96. The minimum absolute atomic E-state index is 0.0102. The highest BCUT2D eigenvalue weighted by atomic mass is 19.4. The van der Waals surface area contributed by atoms with Gasteiger partial charge in [0.25, 0.3) is 0 Å². The topological polar surface area (TPSA) is 93.7 Å². The molecule has 1 rings (SSSR count). The number of carbonyl (C=O) groups is 3. The molecule has 0 aliphatic carbocycles. The molecule has 162 valence electrons. The van der Waals surface area contributed by atoms with E-state index in [4.69, 9.17) is 4.74 Å². The lowest BCUT2D eigenvalue weighted by Crippen LogP contribution is -2.41. The largest absolute Gasteiger partial charge is 0.469 e. The Morgan fingerprint density at radius 2 is 1.76 bits per heavy atom. The highest BCUT2D eigenvalue weighted by Crippen LogP contribution is 2.34. The fourth-order valence-corrected chi connectivity index (χ4v) is 2.38. The van der Waals surface area contributed by atoms with E-state index in [1.165, 1.54) is 19.1 Å². The molecule has 0 heterocycles. The molecule has 1 aromatic carbocycles. The molecule has 1 aromatic rings. The standard InChI is InChI=1S/C19H25F3N2O5/c1-11-6-7-12(8-13(11)19(20,21)22)14(9-16(26)28-5)24-15(25)10-23-17(27)29-18(2,3)4/h6-8,14H,9-10H2,1-5H3,(H,23,27)(H,24,25)/t14-/m0/s1. The van der Waals surface area contributed by atoms with Gasteiger partial charge < -0.3 is 20.1 Å². The quantitative estimate of drug-likeness (QED) is 0.692. The van der Waals surface area contributed by atoms with Gasteiger partial charge >= 0.3 is 18.2 Å². The molecule has 7 nitrogen and oxygen atoms in total. The average Bonchev–Trinajstić information content (AvgIpc) is 2.57. The summed E-state index contributed by atoms with van der Waals surface area (Å²) in [6.45, 7) is 5.77. The van der Waals surface area contributed by atoms with Crippen molar-refractivity contribution in [3.05, 3.63) is 34.9 Å². The molecule has 10 heteroatoms. The van der Waals surface area contributed by atoms with Crippen LogP contribution in [0.25, 0.3) is 0 Å². The lowest BCUT2D eigenvalue weighted by molar-refractivity contribution is -0.141. The molecule has 0 saturated heterocycles. The van der Waals surface area contributed by atoms with Gasteiger partial charge in [-0.05, 0) is 44.9 Å². The zero-order chi connectivity index (χ0) is 22.4. The van der Waals surface area contributed by atoms with E-state index in [1.807, 2.05) is 0 Å². The van der Waals surface area contributed by atoms with Crippen molar-refractivity contribution in [2.45, 2.75) is 51.9 Å². The Morgan fingerprint density at radius 3 is 2.28 bits per heavy atom. The second-order valence-corrected chi connectivity index (χ2v) is 7.33. The van der Waals surface area contributed by atoms with E-state index in [2.05, 4.69) is 15.4 Å². The third kappa shape index (κ3) is 8.41. The number of nitrogens with one attached hydrogen (secondary N) is 2. The first-order valence-electron chi connectivity index (χ1n) is 8.73. The van der Waals surface area contributed by atoms with Gasteiger partial charge in [0.15, 0.2) is 0 Å². The van der Waals surface area contributed by atoms with Crippen LogP contribution in [0.2, 0.25) is 0 Å². The van der Waals surface area contributed by atoms with Gasteiger partial charge in [0.05, 0.1) is 25.1 Å². The molecule has 0 saturated carbocycles. The monoisotopic (exact) mass is 418 g/mol. The Labute approximate surface area is 166 Å². The number of hydrogen-bond acceptors (Lipinski definition) is 5. The second-order valence-electron chi connectivity index (χ2n) is 7.33. The number of methoxy groups -OCH3 is 1. The first kappa shape index (κ1) is 24.3. The summed E-state index contributed by atoms with van der Waals surface area (Å²) in [4.78, 5) is 35.4. The van der Waals surface area contributed by atoms with Gasteiger partial charge in [-0.1, -0.05) is 12.1 Å². The summed E-state index contributed by atoms with van der Waals surface area (Å²) in [6.07, 6.45) is -5.79. The molecule has 29 heavy (non-hydrogen) atoms. The minimum Gasteiger partial charge on any atom is -0.469 e. The van der Waals surface area contributed by atoms with E-state index in [9.17, 15) is 27.6 Å². The molecule has 0 aromatic heterocycles. The summed E-state index contributed by atoms with van der Waals surface area (Å²) in [5.41, 5.74) is -1.54. The molecule has 1 atom stereocenters. The van der Waals surface area contributed by atoms with E-state index in [-0.39, 0.29) is 17.5 Å². The second kappa shape index (κ2) is 9.62. The van der Waals surface area contributed by atoms with Gasteiger partial charge in [0.1, 0.15) is 12.1 Å². The van der Waals surface area contributed by atoms with Crippen LogP contribution in [0.4, 0.5) is 18.0 Å². The molecule has 0 aliphatic heterocycles. The van der Waals surface area contributed by atoms with Gasteiger partial charge in [-0.25, -0.2) is 4.79 Å². The smallest absolute Gasteiger partial charge is 0.416 e. The summed E-state index contributed by atoms with van der Waals surface area (Å²) in [5.74, 6) is -1.43. The highest BCUT2D eigenvalue weighted by molar-refractivity contribution is 5.83. The van der Waals surface area contributed by atoms with Crippen LogP contribution in [0.5, 0.6) is 0 Å². The fraction of sp³-hybridized carbons (Fsp3) is 0.526. The predicted octanol–water partition coefficient (Wildman–Crippen LogP) is 3.26. The van der Waals surface area contributed by atoms with Crippen LogP contribution >= 0.6 is 0 Å². The first-order chi connectivity index (χ1) is 13.2. The molecule has 0 aliphatic rings. The number of esters is 1. The molecule has 2 amide bonds. The van der Waals surface area contributed by atoms with E-state index < -0.39 is 47.9 Å². The Morgan fingerprint density at radius 1 is 1.14 bits per heavy atom. The normalized spacial score (nSPS) is 12.7. The van der Waals surface area contributed by atoms with Crippen LogP contribution in [0.3, 0.4) is 0 Å². The van der Waals surface area contributed by atoms with Crippen molar-refractivity contribution in [2.75, 3.05) is 13.7 Å². The number of rotatable bonds is 6. The van der Waals surface area contributed by atoms with E-state index in [1.54, 1.807) is 20.8 Å². The number of ether oxygens (including phenoxy) is 2. The summed E-state index contributed by atoms with van der Waals surface area (Å²) in [7, 11) is 1.13. The first-order valence-corrected chi connectivity index (χ1v) is 8.73. The molecule has 0 radical (unpaired) electrons. The summed E-state index contributed by atoms with van der Waals surface area (Å²) in [5, 5.41) is 4.68. The summed E-state index contributed by atoms with van der Waals surface area (Å²) >= 11 is 0. The van der Waals surface area contributed by atoms with Crippen LogP contribution in [-0.4, -0.2) is 37.2 Å². The third-order valence-corrected chi connectivity index (χ3v) is 3.70. The van der Waals surface area contributed by atoms with Gasteiger partial charge in [-0.2, -0.15) is 13.2 Å². The van der Waals surface area contributed by atoms with Crippen LogP contribution in [0, 0.1) is 6.92 Å².